The normalized spacial score (nSPS) is 30.5. The third kappa shape index (κ3) is 7.40. The maximum absolute atomic E-state index is 10.1. The molecule has 0 amide bonds. The second kappa shape index (κ2) is 16.8. The molecule has 31 heteroatoms. The van der Waals surface area contributed by atoms with Crippen molar-refractivity contribution in [2.45, 2.75) is 80.5 Å². The Bertz CT molecular complexity index is 2310. The first-order chi connectivity index (χ1) is 28.2. The highest BCUT2D eigenvalue weighted by Crippen LogP contribution is 2.36. The molecule has 15 N–H and O–H groups in total. The summed E-state index contributed by atoms with van der Waals surface area (Å²) in [5, 5.41) is 119. The fraction of sp³-hybridized carbons (Fsp3) is 0.571. The summed E-state index contributed by atoms with van der Waals surface area (Å²) in [6.07, 6.45) is -11.4. The third-order valence-electron chi connectivity index (χ3n) is 9.61. The second-order valence-electron chi connectivity index (χ2n) is 13.2. The lowest BCUT2D eigenvalue weighted by molar-refractivity contribution is -0.0521. The van der Waals surface area contributed by atoms with Gasteiger partial charge in [0.05, 0.1) is 26.1 Å². The van der Waals surface area contributed by atoms with Crippen molar-refractivity contribution in [3.8, 4) is 0 Å². The highest BCUT2D eigenvalue weighted by molar-refractivity contribution is 9.10. The zero-order valence-electron chi connectivity index (χ0n) is 30.2. The number of aliphatic hydroxyl groups excluding tert-OH is 9. The molecule has 0 saturated carbocycles. The number of hydrogen-bond donors (Lipinski definition) is 12. The van der Waals surface area contributed by atoms with Crippen molar-refractivity contribution in [2.75, 3.05) is 37.0 Å². The van der Waals surface area contributed by atoms with Gasteiger partial charge in [-0.05, 0) is 38.5 Å². The number of nitrogens with two attached hydrogens (primary N) is 3. The molecule has 0 unspecified atom stereocenters. The Hall–Kier alpha value is -5.16. The number of fused-ring (bicyclic) bond motifs is 3. The molecule has 6 aromatic heterocycles. The van der Waals surface area contributed by atoms with E-state index in [-0.39, 0.29) is 33.5 Å². The van der Waals surface area contributed by atoms with Crippen LogP contribution in [-0.4, -0.2) is 196 Å². The summed E-state index contributed by atoms with van der Waals surface area (Å²) in [4.78, 5) is 12.3. The predicted molar refractivity (Wildman–Crippen MR) is 194 cm³/mol. The SMILES string of the molecule is Cc1nc2c(N)nnnc2n1[C@@H]1O[C@H](CO)[C@@H](O)[C@H]1O.Nc1nnnc2c1nc(Br)n2[C@@H]1O[C@H](CO)[C@@H](O)[C@H]1O.Nc1nnnc2c1ncn2[C@@H]1O[C@H](CO)[C@@H](O)[C@H]1O. The lowest BCUT2D eigenvalue weighted by Gasteiger charge is -2.17. The van der Waals surface area contributed by atoms with Crippen LogP contribution in [0.2, 0.25) is 0 Å². The first-order valence-corrected chi connectivity index (χ1v) is 18.1. The molecule has 9 heterocycles. The first-order valence-electron chi connectivity index (χ1n) is 17.3. The molecule has 0 radical (unpaired) electrons. The number of hydrogen-bond acceptors (Lipinski definition) is 27. The van der Waals surface area contributed by atoms with E-state index < -0.39 is 93.4 Å². The predicted octanol–water partition coefficient (Wildman–Crippen LogP) is -6.68. The van der Waals surface area contributed by atoms with Crippen LogP contribution in [0, 0.1) is 6.92 Å². The van der Waals surface area contributed by atoms with Gasteiger partial charge in [-0.2, -0.15) is 0 Å². The molecule has 318 valence electrons. The topological polar surface area (TPSA) is 457 Å². The summed E-state index contributed by atoms with van der Waals surface area (Å²) < 4.78 is 20.8. The Morgan fingerprint density at radius 3 is 1.46 bits per heavy atom. The van der Waals surface area contributed by atoms with Crippen molar-refractivity contribution >= 4 is 66.9 Å². The molecule has 0 aromatic carbocycles. The maximum Gasteiger partial charge on any atom is 0.191 e. The lowest BCUT2D eigenvalue weighted by Crippen LogP contribution is -2.33. The van der Waals surface area contributed by atoms with Gasteiger partial charge >= 0.3 is 0 Å². The number of nitrogen functional groups attached to an aromatic ring is 3. The average Bonchev–Trinajstić information content (AvgIpc) is 4.06. The number of anilines is 3. The fourth-order valence-corrected chi connectivity index (χ4v) is 7.14. The molecule has 30 nitrogen and oxygen atoms in total. The van der Waals surface area contributed by atoms with E-state index in [1.165, 1.54) is 20.0 Å². The molecular formula is C28H37BrN18O12. The summed E-state index contributed by atoms with van der Waals surface area (Å²) >= 11 is 3.21. The quantitative estimate of drug-likeness (QED) is 0.0739. The summed E-state index contributed by atoms with van der Waals surface area (Å²) in [5.41, 5.74) is 18.7. The molecule has 6 aromatic rings. The largest absolute Gasteiger partial charge is 0.394 e. The summed E-state index contributed by atoms with van der Waals surface area (Å²) in [5.74, 6) is 0.782. The minimum absolute atomic E-state index is 0.0844. The minimum Gasteiger partial charge on any atom is -0.394 e. The van der Waals surface area contributed by atoms with Gasteiger partial charge in [0.15, 0.2) is 74.4 Å². The van der Waals surface area contributed by atoms with Gasteiger partial charge in [-0.1, -0.05) is 0 Å². The van der Waals surface area contributed by atoms with Crippen LogP contribution in [0.1, 0.15) is 24.5 Å². The van der Waals surface area contributed by atoms with Gasteiger partial charge in [-0.15, -0.1) is 30.6 Å². The smallest absolute Gasteiger partial charge is 0.191 e. The van der Waals surface area contributed by atoms with E-state index in [1.807, 2.05) is 0 Å². The Labute approximate surface area is 336 Å². The van der Waals surface area contributed by atoms with E-state index in [1.54, 1.807) is 6.92 Å². The number of nitrogens with zero attached hydrogens (tertiary/aromatic N) is 15. The van der Waals surface area contributed by atoms with E-state index >= 15 is 0 Å². The lowest BCUT2D eigenvalue weighted by atomic mass is 10.1. The van der Waals surface area contributed by atoms with Crippen molar-refractivity contribution < 1.29 is 60.2 Å². The van der Waals surface area contributed by atoms with E-state index in [0.29, 0.717) is 28.0 Å². The number of ether oxygens (including phenoxy) is 3. The van der Waals surface area contributed by atoms with Crippen LogP contribution < -0.4 is 17.2 Å². The van der Waals surface area contributed by atoms with Crippen molar-refractivity contribution in [2.24, 2.45) is 0 Å². The van der Waals surface area contributed by atoms with Crippen molar-refractivity contribution in [3.05, 3.63) is 16.9 Å². The number of halogens is 1. The van der Waals surface area contributed by atoms with E-state index in [4.69, 9.17) is 46.7 Å². The van der Waals surface area contributed by atoms with Crippen LogP contribution >= 0.6 is 15.9 Å². The Morgan fingerprint density at radius 1 is 0.559 bits per heavy atom. The molecule has 12 atom stereocenters. The van der Waals surface area contributed by atoms with Crippen molar-refractivity contribution in [3.63, 3.8) is 0 Å². The number of rotatable bonds is 6. The van der Waals surface area contributed by atoms with Gasteiger partial charge < -0.3 is 77.4 Å². The summed E-state index contributed by atoms with van der Waals surface area (Å²) in [7, 11) is 0. The molecule has 3 aliphatic heterocycles. The highest BCUT2D eigenvalue weighted by atomic mass is 79.9. The molecule has 0 spiro atoms. The third-order valence-corrected chi connectivity index (χ3v) is 10.2. The minimum atomic E-state index is -1.25. The van der Waals surface area contributed by atoms with Crippen molar-refractivity contribution in [1.82, 2.24) is 74.9 Å². The van der Waals surface area contributed by atoms with Gasteiger partial charge in [0.25, 0.3) is 0 Å². The molecule has 0 bridgehead atoms. The molecule has 3 saturated heterocycles. The van der Waals surface area contributed by atoms with Crippen molar-refractivity contribution in [1.29, 1.82) is 0 Å². The standard InChI is InChI=1S/C10H14N6O4.C9H11BrN6O4.C9H12N6O4/c1-3-12-5-8(11)13-15-14-9(5)16(3)10-7(19)6(18)4(2-17)20-10;10-9-12-3-6(11)13-15-14-7(3)16(9)8-5(19)4(18)2(1-17)20-8;10-7-4-8(13-14-12-7)15(2-11-4)9-6(18)5(17)3(1-16)19-9/h4,6-7,10,17-19H,2H2,1H3,(H2,11,13,14);2,4-5,8,17-19H,1H2,(H2,11,13,14);2-3,5-6,9,16-18H,1H2,(H2,10,12,13)/t4-,6-,7-,10-;2-,4-,5-,8-;3-,5-,6-,9-/m111/s1. The van der Waals surface area contributed by atoms with E-state index in [2.05, 4.69) is 77.1 Å². The van der Waals surface area contributed by atoms with Crippen LogP contribution in [0.25, 0.3) is 33.5 Å². The Balaban J connectivity index is 0.000000134. The molecule has 59 heavy (non-hydrogen) atoms. The van der Waals surface area contributed by atoms with Crippen LogP contribution in [0.3, 0.4) is 0 Å². The number of imidazole rings is 3. The van der Waals surface area contributed by atoms with E-state index in [0.717, 1.165) is 0 Å². The first kappa shape index (κ1) is 42.0. The second-order valence-corrected chi connectivity index (χ2v) is 13.9. The average molecular weight is 898 g/mol. The number of aliphatic hydroxyl groups is 9. The fourth-order valence-electron chi connectivity index (χ4n) is 6.59. The number of aryl methyl sites for hydroxylation is 1. The van der Waals surface area contributed by atoms with Crippen LogP contribution in [0.15, 0.2) is 11.1 Å². The van der Waals surface area contributed by atoms with Gasteiger partial charge in [0.1, 0.15) is 60.8 Å². The van der Waals surface area contributed by atoms with Crippen LogP contribution in [-0.2, 0) is 14.2 Å². The number of aromatic nitrogens is 15. The van der Waals surface area contributed by atoms with Gasteiger partial charge in [0.2, 0.25) is 0 Å². The molecule has 9 rings (SSSR count). The van der Waals surface area contributed by atoms with Gasteiger partial charge in [-0.25, -0.2) is 15.0 Å². The van der Waals surface area contributed by atoms with Crippen LogP contribution in [0.5, 0.6) is 0 Å². The molecule has 0 aliphatic carbocycles. The van der Waals surface area contributed by atoms with E-state index in [9.17, 15) is 30.6 Å². The molecular weight excluding hydrogens is 860 g/mol. The summed E-state index contributed by atoms with van der Waals surface area (Å²) in [6.45, 7) is 0.441. The Morgan fingerprint density at radius 2 is 0.966 bits per heavy atom. The van der Waals surface area contributed by atoms with Gasteiger partial charge in [0, 0.05) is 0 Å². The highest BCUT2D eigenvalue weighted by Gasteiger charge is 2.47. The van der Waals surface area contributed by atoms with Crippen LogP contribution in [0.4, 0.5) is 17.5 Å². The molecule has 3 aliphatic rings. The Kier molecular flexibility index (Phi) is 12.0. The zero-order valence-corrected chi connectivity index (χ0v) is 31.8. The zero-order chi connectivity index (χ0) is 42.4. The molecule has 3 fully saturated rings. The maximum atomic E-state index is 10.1. The monoisotopic (exact) mass is 896 g/mol. The van der Waals surface area contributed by atoms with Gasteiger partial charge in [-0.3, -0.25) is 13.7 Å². The summed E-state index contributed by atoms with van der Waals surface area (Å²) in [6, 6.07) is 0.